The lowest BCUT2D eigenvalue weighted by atomic mass is 10.0. The van der Waals surface area contributed by atoms with E-state index >= 15 is 0 Å². The van der Waals surface area contributed by atoms with Crippen molar-refractivity contribution in [2.24, 2.45) is 10.9 Å². The number of carbonyl (C=O) groups is 1. The van der Waals surface area contributed by atoms with Crippen molar-refractivity contribution in [3.8, 4) is 0 Å². The minimum absolute atomic E-state index is 0.0637. The number of hydrogen-bond donors (Lipinski definition) is 1. The molecular weight excluding hydrogens is 140 g/mol. The minimum atomic E-state index is -0.130. The van der Waals surface area contributed by atoms with Crippen molar-refractivity contribution in [3.05, 3.63) is 0 Å². The number of nitrogens with one attached hydrogen (secondary N) is 1. The summed E-state index contributed by atoms with van der Waals surface area (Å²) < 4.78 is 0. The Morgan fingerprint density at radius 3 is 3.00 bits per heavy atom. The summed E-state index contributed by atoms with van der Waals surface area (Å²) in [6.45, 7) is 4.66. The van der Waals surface area contributed by atoms with Crippen molar-refractivity contribution < 1.29 is 4.79 Å². The molecule has 1 heterocycles. The van der Waals surface area contributed by atoms with Crippen molar-refractivity contribution in [1.82, 2.24) is 5.32 Å². The Kier molecular flexibility index (Phi) is 2.63. The third-order valence-corrected chi connectivity index (χ3v) is 1.90. The summed E-state index contributed by atoms with van der Waals surface area (Å²) in [5.41, 5.74) is 0. The smallest absolute Gasteiger partial charge is 0.245 e. The van der Waals surface area contributed by atoms with Gasteiger partial charge in [0.05, 0.1) is 0 Å². The van der Waals surface area contributed by atoms with Gasteiger partial charge in [0.15, 0.2) is 0 Å². The lowest BCUT2D eigenvalue weighted by Gasteiger charge is -2.11. The molecule has 2 atom stereocenters. The predicted octanol–water partition coefficient (Wildman–Crippen LogP) is 0.602. The summed E-state index contributed by atoms with van der Waals surface area (Å²) in [6, 6.07) is -0.130. The molecule has 0 aromatic carbocycles. The highest BCUT2D eigenvalue weighted by Gasteiger charge is 2.26. The SMILES string of the molecule is CCNC(=O)C1N=CCC1C. The van der Waals surface area contributed by atoms with E-state index in [9.17, 15) is 4.79 Å². The topological polar surface area (TPSA) is 41.5 Å². The van der Waals surface area contributed by atoms with E-state index in [0.717, 1.165) is 6.42 Å². The van der Waals surface area contributed by atoms with Crippen LogP contribution in [0.25, 0.3) is 0 Å². The summed E-state index contributed by atoms with van der Waals surface area (Å²) in [4.78, 5) is 15.3. The van der Waals surface area contributed by atoms with Gasteiger partial charge in [0.25, 0.3) is 0 Å². The number of amides is 1. The van der Waals surface area contributed by atoms with Crippen LogP contribution < -0.4 is 5.32 Å². The molecular formula is C8H14N2O. The van der Waals surface area contributed by atoms with E-state index in [2.05, 4.69) is 10.3 Å². The Morgan fingerprint density at radius 1 is 1.82 bits per heavy atom. The van der Waals surface area contributed by atoms with Gasteiger partial charge in [-0.3, -0.25) is 9.79 Å². The van der Waals surface area contributed by atoms with E-state index in [4.69, 9.17) is 0 Å². The highest BCUT2D eigenvalue weighted by Crippen LogP contribution is 2.16. The summed E-state index contributed by atoms with van der Waals surface area (Å²) in [5.74, 6) is 0.440. The van der Waals surface area contributed by atoms with Gasteiger partial charge in [-0.2, -0.15) is 0 Å². The minimum Gasteiger partial charge on any atom is -0.355 e. The fourth-order valence-electron chi connectivity index (χ4n) is 1.22. The van der Waals surface area contributed by atoms with Crippen LogP contribution in [-0.2, 0) is 4.79 Å². The van der Waals surface area contributed by atoms with Crippen LogP contribution in [0.1, 0.15) is 20.3 Å². The maximum Gasteiger partial charge on any atom is 0.245 e. The maximum atomic E-state index is 11.2. The van der Waals surface area contributed by atoms with Crippen molar-refractivity contribution in [3.63, 3.8) is 0 Å². The highest BCUT2D eigenvalue weighted by molar-refractivity contribution is 5.85. The lowest BCUT2D eigenvalue weighted by Crippen LogP contribution is -2.35. The van der Waals surface area contributed by atoms with Crippen molar-refractivity contribution in [2.45, 2.75) is 26.3 Å². The molecule has 0 aromatic heterocycles. The molecule has 3 nitrogen and oxygen atoms in total. The number of rotatable bonds is 2. The zero-order valence-electron chi connectivity index (χ0n) is 7.00. The number of aliphatic imine (C=N–C) groups is 1. The first-order chi connectivity index (χ1) is 5.25. The monoisotopic (exact) mass is 154 g/mol. The van der Waals surface area contributed by atoms with Gasteiger partial charge in [0.1, 0.15) is 6.04 Å². The standard InChI is InChI=1S/C8H14N2O/c1-3-9-8(11)7-6(2)4-5-10-7/h5-7H,3-4H2,1-2H3,(H,9,11). The Bertz CT molecular complexity index is 177. The quantitative estimate of drug-likeness (QED) is 0.621. The lowest BCUT2D eigenvalue weighted by molar-refractivity contribution is -0.122. The highest BCUT2D eigenvalue weighted by atomic mass is 16.2. The normalized spacial score (nSPS) is 28.9. The summed E-state index contributed by atoms with van der Waals surface area (Å²) in [6.07, 6.45) is 2.77. The third kappa shape index (κ3) is 1.79. The first kappa shape index (κ1) is 8.24. The molecule has 1 N–H and O–H groups in total. The molecule has 0 bridgehead atoms. The Labute approximate surface area is 66.9 Å². The van der Waals surface area contributed by atoms with Gasteiger partial charge < -0.3 is 5.32 Å². The van der Waals surface area contributed by atoms with Crippen LogP contribution in [0.15, 0.2) is 4.99 Å². The number of nitrogens with zero attached hydrogens (tertiary/aromatic N) is 1. The Morgan fingerprint density at radius 2 is 2.55 bits per heavy atom. The van der Waals surface area contributed by atoms with E-state index in [1.807, 2.05) is 20.1 Å². The van der Waals surface area contributed by atoms with Crippen LogP contribution in [0.5, 0.6) is 0 Å². The van der Waals surface area contributed by atoms with Crippen LogP contribution in [0.2, 0.25) is 0 Å². The number of likely N-dealkylation sites (N-methyl/N-ethyl adjacent to an activating group) is 1. The van der Waals surface area contributed by atoms with Gasteiger partial charge in [0, 0.05) is 12.8 Å². The van der Waals surface area contributed by atoms with Crippen molar-refractivity contribution in [1.29, 1.82) is 0 Å². The Hall–Kier alpha value is -0.860. The van der Waals surface area contributed by atoms with Crippen LogP contribution in [0.3, 0.4) is 0 Å². The predicted molar refractivity (Wildman–Crippen MR) is 44.7 cm³/mol. The Balaban J connectivity index is 2.46. The maximum absolute atomic E-state index is 11.2. The molecule has 0 radical (unpaired) electrons. The van der Waals surface area contributed by atoms with Gasteiger partial charge in [0.2, 0.25) is 5.91 Å². The van der Waals surface area contributed by atoms with Crippen molar-refractivity contribution in [2.75, 3.05) is 6.54 Å². The molecule has 1 amide bonds. The molecule has 3 heteroatoms. The van der Waals surface area contributed by atoms with Crippen LogP contribution in [0, 0.1) is 5.92 Å². The molecule has 0 saturated carbocycles. The van der Waals surface area contributed by atoms with E-state index in [-0.39, 0.29) is 11.9 Å². The van der Waals surface area contributed by atoms with Gasteiger partial charge in [-0.1, -0.05) is 6.92 Å². The van der Waals surface area contributed by atoms with Crippen LogP contribution in [-0.4, -0.2) is 24.7 Å². The average molecular weight is 154 g/mol. The number of carbonyl (C=O) groups excluding carboxylic acids is 1. The third-order valence-electron chi connectivity index (χ3n) is 1.90. The van der Waals surface area contributed by atoms with E-state index in [1.165, 1.54) is 0 Å². The molecule has 0 aliphatic carbocycles. The molecule has 2 unspecified atom stereocenters. The molecule has 1 rings (SSSR count). The van der Waals surface area contributed by atoms with Gasteiger partial charge in [-0.05, 0) is 19.3 Å². The van der Waals surface area contributed by atoms with E-state index in [0.29, 0.717) is 12.5 Å². The summed E-state index contributed by atoms with van der Waals surface area (Å²) in [5, 5.41) is 2.77. The molecule has 0 spiro atoms. The fraction of sp³-hybridized carbons (Fsp3) is 0.750. The van der Waals surface area contributed by atoms with E-state index in [1.54, 1.807) is 0 Å². The molecule has 62 valence electrons. The van der Waals surface area contributed by atoms with Gasteiger partial charge in [-0.15, -0.1) is 0 Å². The van der Waals surface area contributed by atoms with Gasteiger partial charge in [-0.25, -0.2) is 0 Å². The fourth-order valence-corrected chi connectivity index (χ4v) is 1.22. The second-order valence-corrected chi connectivity index (χ2v) is 2.88. The second-order valence-electron chi connectivity index (χ2n) is 2.88. The zero-order chi connectivity index (χ0) is 8.27. The number of hydrogen-bond acceptors (Lipinski definition) is 2. The van der Waals surface area contributed by atoms with Crippen molar-refractivity contribution >= 4 is 12.1 Å². The zero-order valence-corrected chi connectivity index (χ0v) is 7.00. The first-order valence-electron chi connectivity index (χ1n) is 4.05. The molecule has 1 aliphatic rings. The summed E-state index contributed by atoms with van der Waals surface area (Å²) >= 11 is 0. The molecule has 11 heavy (non-hydrogen) atoms. The second kappa shape index (κ2) is 3.51. The molecule has 0 fully saturated rings. The first-order valence-corrected chi connectivity index (χ1v) is 4.05. The molecule has 1 aliphatic heterocycles. The average Bonchev–Trinajstić information content (AvgIpc) is 2.36. The van der Waals surface area contributed by atoms with E-state index < -0.39 is 0 Å². The molecule has 0 aromatic rings. The van der Waals surface area contributed by atoms with Crippen LogP contribution in [0.4, 0.5) is 0 Å². The van der Waals surface area contributed by atoms with Crippen LogP contribution >= 0.6 is 0 Å². The van der Waals surface area contributed by atoms with Gasteiger partial charge >= 0.3 is 0 Å². The molecule has 0 saturated heterocycles. The summed E-state index contributed by atoms with van der Waals surface area (Å²) in [7, 11) is 0. The largest absolute Gasteiger partial charge is 0.355 e.